The molecule has 1 atom stereocenters. The second-order valence-corrected chi connectivity index (χ2v) is 11.3. The Balaban J connectivity index is 1.35. The van der Waals surface area contributed by atoms with Gasteiger partial charge in [0, 0.05) is 17.3 Å². The first kappa shape index (κ1) is 26.7. The predicted molar refractivity (Wildman–Crippen MR) is 170 cm³/mol. The van der Waals surface area contributed by atoms with Crippen LogP contribution in [0.15, 0.2) is 126 Å². The quantitative estimate of drug-likeness (QED) is 0.139. The molecule has 1 fully saturated rings. The summed E-state index contributed by atoms with van der Waals surface area (Å²) >= 11 is 7.00. The maximum atomic E-state index is 13.6. The average Bonchev–Trinajstić information content (AvgIpc) is 3.57. The van der Waals surface area contributed by atoms with Crippen LogP contribution in [0.1, 0.15) is 29.7 Å². The van der Waals surface area contributed by atoms with Crippen molar-refractivity contribution in [3.05, 3.63) is 143 Å². The fourth-order valence-corrected chi connectivity index (χ4v) is 6.15. The van der Waals surface area contributed by atoms with Gasteiger partial charge in [0.15, 0.2) is 0 Å². The number of amides is 1. The van der Waals surface area contributed by atoms with Crippen molar-refractivity contribution in [2.75, 3.05) is 0 Å². The third kappa shape index (κ3) is 5.87. The molecular formula is C34H27N3O2S2. The molecule has 0 bridgehead atoms. The average molecular weight is 574 g/mol. The van der Waals surface area contributed by atoms with E-state index in [0.717, 1.165) is 39.4 Å². The van der Waals surface area contributed by atoms with E-state index in [1.807, 2.05) is 139 Å². The van der Waals surface area contributed by atoms with E-state index in [2.05, 4.69) is 0 Å². The van der Waals surface area contributed by atoms with Gasteiger partial charge in [0.2, 0.25) is 0 Å². The van der Waals surface area contributed by atoms with E-state index < -0.39 is 0 Å². The van der Waals surface area contributed by atoms with Crippen molar-refractivity contribution >= 4 is 40.3 Å². The zero-order valence-corrected chi connectivity index (χ0v) is 24.0. The monoisotopic (exact) mass is 573 g/mol. The van der Waals surface area contributed by atoms with Gasteiger partial charge < -0.3 is 4.74 Å². The molecule has 1 amide bonds. The van der Waals surface area contributed by atoms with Crippen LogP contribution in [-0.4, -0.2) is 24.9 Å². The van der Waals surface area contributed by atoms with Crippen LogP contribution in [-0.2, 0) is 11.4 Å². The second kappa shape index (κ2) is 12.0. The van der Waals surface area contributed by atoms with Crippen molar-refractivity contribution in [2.24, 2.45) is 0 Å². The smallest absolute Gasteiger partial charge is 0.266 e. The molecule has 1 aliphatic heterocycles. The number of carbonyl (C=O) groups excluding carboxylic acids is 1. The Labute approximate surface area is 249 Å². The minimum absolute atomic E-state index is 0.102. The summed E-state index contributed by atoms with van der Waals surface area (Å²) in [6.07, 6.45) is 3.85. The maximum Gasteiger partial charge on any atom is 0.266 e. The zero-order valence-electron chi connectivity index (χ0n) is 22.4. The summed E-state index contributed by atoms with van der Waals surface area (Å²) in [4.78, 5) is 15.9. The van der Waals surface area contributed by atoms with Crippen LogP contribution in [0.25, 0.3) is 23.0 Å². The summed E-state index contributed by atoms with van der Waals surface area (Å²) < 4.78 is 8.49. The van der Waals surface area contributed by atoms with Gasteiger partial charge in [-0.2, -0.15) is 5.10 Å². The second-order valence-electron chi connectivity index (χ2n) is 9.65. The number of rotatable bonds is 8. The molecule has 1 saturated heterocycles. The Morgan fingerprint density at radius 1 is 0.902 bits per heavy atom. The Kier molecular flexibility index (Phi) is 7.80. The number of thiocarbonyl (C=S) groups is 1. The van der Waals surface area contributed by atoms with Crippen LogP contribution in [0.3, 0.4) is 0 Å². The molecular weight excluding hydrogens is 547 g/mol. The van der Waals surface area contributed by atoms with E-state index in [1.165, 1.54) is 11.8 Å². The lowest BCUT2D eigenvalue weighted by molar-refractivity contribution is -0.123. The Hall–Kier alpha value is -4.46. The Morgan fingerprint density at radius 2 is 1.59 bits per heavy atom. The third-order valence-corrected chi connectivity index (χ3v) is 8.23. The molecule has 4 aromatic carbocycles. The SMILES string of the molecule is CC(c1ccccc1)N1C(=O)/C(=C/c2cn(-c3ccccc3)nc2-c2cccc(OCc3ccccc3)c2)SC1=S. The van der Waals surface area contributed by atoms with E-state index in [0.29, 0.717) is 15.8 Å². The fraction of sp³-hybridized carbons (Fsp3) is 0.0882. The topological polar surface area (TPSA) is 47.4 Å². The highest BCUT2D eigenvalue weighted by Crippen LogP contribution is 2.39. The van der Waals surface area contributed by atoms with Gasteiger partial charge in [-0.15, -0.1) is 0 Å². The summed E-state index contributed by atoms with van der Waals surface area (Å²) in [5.41, 5.74) is 5.52. The minimum atomic E-state index is -0.167. The predicted octanol–water partition coefficient (Wildman–Crippen LogP) is 8.08. The van der Waals surface area contributed by atoms with Crippen LogP contribution in [0.2, 0.25) is 0 Å². The number of ether oxygens (including phenoxy) is 1. The summed E-state index contributed by atoms with van der Waals surface area (Å²) in [6.45, 7) is 2.47. The van der Waals surface area contributed by atoms with Crippen LogP contribution >= 0.6 is 24.0 Å². The summed E-state index contributed by atoms with van der Waals surface area (Å²) in [6, 6.07) is 37.7. The van der Waals surface area contributed by atoms with E-state index >= 15 is 0 Å². The first-order valence-corrected chi connectivity index (χ1v) is 14.5. The molecule has 202 valence electrons. The molecule has 0 spiro atoms. The molecule has 0 radical (unpaired) electrons. The molecule has 0 N–H and O–H groups in total. The van der Waals surface area contributed by atoms with Gasteiger partial charge in [-0.25, -0.2) is 4.68 Å². The van der Waals surface area contributed by atoms with E-state index in [1.54, 1.807) is 4.90 Å². The molecule has 1 aliphatic rings. The van der Waals surface area contributed by atoms with Gasteiger partial charge >= 0.3 is 0 Å². The summed E-state index contributed by atoms with van der Waals surface area (Å²) in [5, 5.41) is 4.95. The number of thioether (sulfide) groups is 1. The lowest BCUT2D eigenvalue weighted by atomic mass is 10.1. The number of hydrogen-bond acceptors (Lipinski definition) is 5. The highest BCUT2D eigenvalue weighted by atomic mass is 32.2. The van der Waals surface area contributed by atoms with E-state index in [-0.39, 0.29) is 11.9 Å². The van der Waals surface area contributed by atoms with Crippen molar-refractivity contribution in [1.29, 1.82) is 0 Å². The van der Waals surface area contributed by atoms with Crippen LogP contribution in [0.5, 0.6) is 5.75 Å². The van der Waals surface area contributed by atoms with Gasteiger partial charge in [-0.05, 0) is 48.4 Å². The number of benzene rings is 4. The third-order valence-electron chi connectivity index (χ3n) is 6.90. The molecule has 2 heterocycles. The number of nitrogens with zero attached hydrogens (tertiary/aromatic N) is 3. The molecule has 41 heavy (non-hydrogen) atoms. The minimum Gasteiger partial charge on any atom is -0.489 e. The van der Waals surface area contributed by atoms with Crippen molar-refractivity contribution < 1.29 is 9.53 Å². The van der Waals surface area contributed by atoms with Gasteiger partial charge in [-0.3, -0.25) is 9.69 Å². The van der Waals surface area contributed by atoms with Crippen molar-refractivity contribution in [3.63, 3.8) is 0 Å². The standard InChI is InChI=1S/C34H27N3O2S2/c1-24(26-14-7-3-8-15-26)37-33(38)31(41-34(37)40)21-28-22-36(29-17-9-4-10-18-29)35-32(28)27-16-11-19-30(20-27)39-23-25-12-5-2-6-13-25/h2-22,24H,23H2,1H3/b31-21-. The Bertz CT molecular complexity index is 1720. The fourth-order valence-electron chi connectivity index (χ4n) is 4.74. The lowest BCUT2D eigenvalue weighted by Crippen LogP contribution is -2.30. The van der Waals surface area contributed by atoms with E-state index in [4.69, 9.17) is 22.1 Å². The Morgan fingerprint density at radius 3 is 2.32 bits per heavy atom. The van der Waals surface area contributed by atoms with Crippen LogP contribution in [0.4, 0.5) is 0 Å². The number of carbonyl (C=O) groups is 1. The van der Waals surface area contributed by atoms with E-state index in [9.17, 15) is 4.79 Å². The lowest BCUT2D eigenvalue weighted by Gasteiger charge is -2.23. The number of aromatic nitrogens is 2. The molecule has 6 rings (SSSR count). The van der Waals surface area contributed by atoms with Gasteiger partial charge in [-0.1, -0.05) is 115 Å². The van der Waals surface area contributed by atoms with Crippen LogP contribution < -0.4 is 4.74 Å². The molecule has 7 heteroatoms. The normalized spacial score (nSPS) is 15.0. The number of para-hydroxylation sites is 1. The molecule has 1 unspecified atom stereocenters. The van der Waals surface area contributed by atoms with Crippen LogP contribution in [0, 0.1) is 0 Å². The first-order valence-electron chi connectivity index (χ1n) is 13.3. The van der Waals surface area contributed by atoms with Gasteiger partial charge in [0.1, 0.15) is 22.4 Å². The largest absolute Gasteiger partial charge is 0.489 e. The molecule has 1 aromatic heterocycles. The molecule has 5 aromatic rings. The molecule has 5 nitrogen and oxygen atoms in total. The number of hydrogen-bond donors (Lipinski definition) is 0. The highest BCUT2D eigenvalue weighted by molar-refractivity contribution is 8.26. The maximum absolute atomic E-state index is 13.6. The highest BCUT2D eigenvalue weighted by Gasteiger charge is 2.36. The van der Waals surface area contributed by atoms with Crippen molar-refractivity contribution in [2.45, 2.75) is 19.6 Å². The zero-order chi connectivity index (χ0) is 28.2. The first-order chi connectivity index (χ1) is 20.1. The molecule has 0 saturated carbocycles. The summed E-state index contributed by atoms with van der Waals surface area (Å²) in [5.74, 6) is 0.643. The summed E-state index contributed by atoms with van der Waals surface area (Å²) in [7, 11) is 0. The van der Waals surface area contributed by atoms with Crippen molar-refractivity contribution in [1.82, 2.24) is 14.7 Å². The van der Waals surface area contributed by atoms with Gasteiger partial charge in [0.25, 0.3) is 5.91 Å². The molecule has 0 aliphatic carbocycles. The van der Waals surface area contributed by atoms with Crippen molar-refractivity contribution in [3.8, 4) is 22.7 Å². The van der Waals surface area contributed by atoms with Gasteiger partial charge in [0.05, 0.1) is 16.6 Å².